The number of aromatic amines is 1. The molecule has 0 unspecified atom stereocenters. The minimum absolute atomic E-state index is 0.0610. The van der Waals surface area contributed by atoms with Gasteiger partial charge in [-0.3, -0.25) is 14.7 Å². The number of nitrogens with zero attached hydrogens (tertiary/aromatic N) is 2. The zero-order chi connectivity index (χ0) is 19.8. The summed E-state index contributed by atoms with van der Waals surface area (Å²) in [5.74, 6) is -2.77. The van der Waals surface area contributed by atoms with Crippen LogP contribution < -0.4 is 10.9 Å². The van der Waals surface area contributed by atoms with E-state index in [0.29, 0.717) is 27.9 Å². The third-order valence-corrected chi connectivity index (χ3v) is 4.40. The second kappa shape index (κ2) is 6.84. The van der Waals surface area contributed by atoms with E-state index in [1.165, 1.54) is 29.0 Å². The molecule has 0 aliphatic carbocycles. The van der Waals surface area contributed by atoms with Gasteiger partial charge in [-0.25, -0.2) is 13.2 Å². The van der Waals surface area contributed by atoms with Crippen molar-refractivity contribution in [2.45, 2.75) is 13.0 Å². The van der Waals surface area contributed by atoms with Crippen LogP contribution in [-0.4, -0.2) is 20.7 Å². The van der Waals surface area contributed by atoms with Crippen molar-refractivity contribution in [2.24, 2.45) is 0 Å². The summed E-state index contributed by atoms with van der Waals surface area (Å²) in [7, 11) is 0. The van der Waals surface area contributed by atoms with Gasteiger partial charge in [0.2, 0.25) is 5.91 Å². The molecule has 0 aliphatic rings. The maximum absolute atomic E-state index is 13.7. The van der Waals surface area contributed by atoms with Gasteiger partial charge in [0.1, 0.15) is 17.5 Å². The van der Waals surface area contributed by atoms with E-state index in [1.807, 2.05) is 0 Å². The monoisotopic (exact) mass is 386 g/mol. The molecule has 28 heavy (non-hydrogen) atoms. The highest BCUT2D eigenvalue weighted by molar-refractivity contribution is 6.03. The number of benzene rings is 2. The number of hydrogen-bond donors (Lipinski definition) is 2. The summed E-state index contributed by atoms with van der Waals surface area (Å²) in [6.45, 7) is -0.0610. The number of fused-ring (bicyclic) bond motifs is 3. The van der Waals surface area contributed by atoms with Crippen molar-refractivity contribution >= 4 is 33.4 Å². The number of nitrogens with one attached hydrogen (secondary N) is 2. The van der Waals surface area contributed by atoms with Gasteiger partial charge in [0.25, 0.3) is 5.56 Å². The molecule has 0 aliphatic heterocycles. The van der Waals surface area contributed by atoms with Gasteiger partial charge in [-0.2, -0.15) is 5.10 Å². The molecule has 2 heterocycles. The van der Waals surface area contributed by atoms with Gasteiger partial charge >= 0.3 is 0 Å². The predicted octanol–water partition coefficient (Wildman–Crippen LogP) is 3.32. The highest BCUT2D eigenvalue weighted by Crippen LogP contribution is 2.22. The minimum Gasteiger partial charge on any atom is -0.324 e. The van der Waals surface area contributed by atoms with Crippen molar-refractivity contribution in [3.05, 3.63) is 70.4 Å². The Kier molecular flexibility index (Phi) is 4.34. The fraction of sp³-hybridized carbons (Fsp3) is 0.105. The van der Waals surface area contributed by atoms with Crippen molar-refractivity contribution in [3.8, 4) is 0 Å². The van der Waals surface area contributed by atoms with Gasteiger partial charge in [-0.15, -0.1) is 0 Å². The van der Waals surface area contributed by atoms with E-state index in [2.05, 4.69) is 15.5 Å². The van der Waals surface area contributed by atoms with Crippen LogP contribution in [0.4, 0.5) is 18.9 Å². The average Bonchev–Trinajstić information content (AvgIpc) is 3.14. The minimum atomic E-state index is -0.905. The highest BCUT2D eigenvalue weighted by Gasteiger charge is 2.15. The number of H-pyrrole nitrogens is 1. The molecule has 142 valence electrons. The second-order valence-corrected chi connectivity index (χ2v) is 6.20. The van der Waals surface area contributed by atoms with Crippen LogP contribution in [0.5, 0.6) is 0 Å². The molecule has 2 aromatic heterocycles. The molecular weight excluding hydrogens is 373 g/mol. The van der Waals surface area contributed by atoms with E-state index < -0.39 is 28.9 Å². The first-order chi connectivity index (χ1) is 13.4. The van der Waals surface area contributed by atoms with E-state index in [0.717, 1.165) is 12.1 Å². The quantitative estimate of drug-likeness (QED) is 0.565. The van der Waals surface area contributed by atoms with Crippen molar-refractivity contribution in [3.63, 3.8) is 0 Å². The van der Waals surface area contributed by atoms with E-state index in [9.17, 15) is 22.8 Å². The normalized spacial score (nSPS) is 11.2. The third-order valence-electron chi connectivity index (χ3n) is 4.40. The van der Waals surface area contributed by atoms with Gasteiger partial charge in [0, 0.05) is 24.4 Å². The Morgan fingerprint density at radius 2 is 1.82 bits per heavy atom. The molecule has 1 amide bonds. The molecule has 2 aromatic carbocycles. The Bertz CT molecular complexity index is 1280. The Labute approximate surface area is 155 Å². The third kappa shape index (κ3) is 3.11. The lowest BCUT2D eigenvalue weighted by atomic mass is 10.1. The number of aryl methyl sites for hydroxylation is 1. The lowest BCUT2D eigenvalue weighted by molar-refractivity contribution is -0.116. The second-order valence-electron chi connectivity index (χ2n) is 6.20. The van der Waals surface area contributed by atoms with E-state index >= 15 is 0 Å². The maximum atomic E-state index is 13.7. The summed E-state index contributed by atoms with van der Waals surface area (Å²) in [5, 5.41) is 9.80. The van der Waals surface area contributed by atoms with Crippen LogP contribution in [0.2, 0.25) is 0 Å². The number of amides is 1. The van der Waals surface area contributed by atoms with Crippen molar-refractivity contribution in [2.75, 3.05) is 5.32 Å². The number of aromatic nitrogens is 3. The molecule has 0 fully saturated rings. The number of pyridine rings is 1. The number of anilines is 1. The Hall–Kier alpha value is -3.62. The van der Waals surface area contributed by atoms with Crippen LogP contribution in [0.3, 0.4) is 0 Å². The topological polar surface area (TPSA) is 79.8 Å². The van der Waals surface area contributed by atoms with Crippen molar-refractivity contribution in [1.29, 1.82) is 0 Å². The lowest BCUT2D eigenvalue weighted by Crippen LogP contribution is -2.24. The summed E-state index contributed by atoms with van der Waals surface area (Å²) in [6, 6.07) is 6.78. The fourth-order valence-corrected chi connectivity index (χ4v) is 3.09. The molecule has 0 radical (unpaired) electrons. The molecule has 0 saturated carbocycles. The summed E-state index contributed by atoms with van der Waals surface area (Å²) in [6.07, 6.45) is 1.19. The summed E-state index contributed by atoms with van der Waals surface area (Å²) in [4.78, 5) is 24.9. The number of carbonyl (C=O) groups excluding carboxylic acids is 1. The first kappa shape index (κ1) is 17.8. The fourth-order valence-electron chi connectivity index (χ4n) is 3.09. The number of rotatable bonds is 4. The van der Waals surface area contributed by atoms with Crippen LogP contribution >= 0.6 is 0 Å². The van der Waals surface area contributed by atoms with Crippen LogP contribution in [0, 0.1) is 17.5 Å². The van der Waals surface area contributed by atoms with Gasteiger partial charge < -0.3 is 9.88 Å². The van der Waals surface area contributed by atoms with E-state index in [4.69, 9.17) is 0 Å². The van der Waals surface area contributed by atoms with Crippen LogP contribution in [-0.2, 0) is 11.3 Å². The molecule has 2 N–H and O–H groups in total. The molecule has 9 heteroatoms. The molecule has 4 rings (SSSR count). The van der Waals surface area contributed by atoms with Crippen LogP contribution in [0.1, 0.15) is 6.42 Å². The Morgan fingerprint density at radius 3 is 2.61 bits per heavy atom. The zero-order valence-corrected chi connectivity index (χ0v) is 14.3. The highest BCUT2D eigenvalue weighted by atomic mass is 19.1. The first-order valence-corrected chi connectivity index (χ1v) is 8.34. The number of hydrogen-bond acceptors (Lipinski definition) is 3. The van der Waals surface area contributed by atoms with Gasteiger partial charge in [0.05, 0.1) is 28.3 Å². The first-order valence-electron chi connectivity index (χ1n) is 8.34. The molecule has 6 nitrogen and oxygen atoms in total. The molecule has 0 atom stereocenters. The average molecular weight is 386 g/mol. The Balaban J connectivity index is 1.65. The van der Waals surface area contributed by atoms with Crippen molar-refractivity contribution < 1.29 is 18.0 Å². The molecule has 0 spiro atoms. The Morgan fingerprint density at radius 1 is 1.07 bits per heavy atom. The van der Waals surface area contributed by atoms with E-state index in [1.54, 1.807) is 0 Å². The standard InChI is InChI=1S/C19H13F3N4O2/c20-10-2-4-15(14(22)7-10)24-17(27)5-6-26-16-8-11(21)1-3-12(16)18-13(19(26)28)9-23-25-18/h1-4,7-9H,5-6H2,(H,23,25)(H,24,27). The van der Waals surface area contributed by atoms with Gasteiger partial charge in [-0.05, 0) is 30.3 Å². The number of halogens is 3. The maximum Gasteiger partial charge on any atom is 0.262 e. The van der Waals surface area contributed by atoms with E-state index in [-0.39, 0.29) is 18.7 Å². The molecule has 0 bridgehead atoms. The largest absolute Gasteiger partial charge is 0.324 e. The molecular formula is C19H13F3N4O2. The predicted molar refractivity (Wildman–Crippen MR) is 97.4 cm³/mol. The summed E-state index contributed by atoms with van der Waals surface area (Å²) >= 11 is 0. The van der Waals surface area contributed by atoms with Crippen LogP contribution in [0.25, 0.3) is 21.8 Å². The lowest BCUT2D eigenvalue weighted by Gasteiger charge is -2.12. The van der Waals surface area contributed by atoms with Crippen molar-refractivity contribution in [1.82, 2.24) is 14.8 Å². The number of carbonyl (C=O) groups is 1. The molecule has 4 aromatic rings. The summed E-state index contributed by atoms with van der Waals surface area (Å²) < 4.78 is 41.6. The zero-order valence-electron chi connectivity index (χ0n) is 14.3. The molecule has 0 saturated heterocycles. The van der Waals surface area contributed by atoms with Gasteiger partial charge in [-0.1, -0.05) is 0 Å². The van der Waals surface area contributed by atoms with Gasteiger partial charge in [0.15, 0.2) is 0 Å². The smallest absolute Gasteiger partial charge is 0.262 e. The summed E-state index contributed by atoms with van der Waals surface area (Å²) in [5.41, 5.74) is 0.194. The SMILES string of the molecule is O=C(CCn1c(=O)c2cn[nH]c2c2ccc(F)cc21)Nc1ccc(F)cc1F. The van der Waals surface area contributed by atoms with Crippen LogP contribution in [0.15, 0.2) is 47.4 Å².